The molecule has 136 valence electrons. The third kappa shape index (κ3) is 3.56. The van der Waals surface area contributed by atoms with Gasteiger partial charge in [0.1, 0.15) is 5.60 Å². The number of aliphatic hydroxyl groups is 1. The zero-order valence-electron chi connectivity index (χ0n) is 15.7. The number of benzene rings is 1. The van der Waals surface area contributed by atoms with Crippen molar-refractivity contribution in [3.8, 4) is 29.1 Å². The van der Waals surface area contributed by atoms with E-state index in [9.17, 15) is 5.11 Å². The average Bonchev–Trinajstić information content (AvgIpc) is 2.98. The Morgan fingerprint density at radius 2 is 2.20 bits per heavy atom. The highest BCUT2D eigenvalue weighted by molar-refractivity contribution is 5.62. The van der Waals surface area contributed by atoms with Crippen LogP contribution in [0, 0.1) is 17.8 Å². The lowest BCUT2D eigenvalue weighted by molar-refractivity contribution is -0.905. The van der Waals surface area contributed by atoms with Gasteiger partial charge in [0.2, 0.25) is 12.5 Å². The van der Waals surface area contributed by atoms with Crippen molar-refractivity contribution < 1.29 is 24.2 Å². The Morgan fingerprint density at radius 3 is 2.88 bits per heavy atom. The molecule has 0 aliphatic carbocycles. The lowest BCUT2D eigenvalue weighted by Crippen LogP contribution is -3.10. The fourth-order valence-corrected chi connectivity index (χ4v) is 3.79. The first-order valence-electron chi connectivity index (χ1n) is 8.89. The molecule has 0 aromatic heterocycles. The highest BCUT2D eigenvalue weighted by Gasteiger charge is 2.36. The van der Waals surface area contributed by atoms with E-state index in [0.717, 1.165) is 24.3 Å². The quantitative estimate of drug-likeness (QED) is 0.811. The maximum Gasteiger partial charge on any atom is 0.231 e. The average molecular weight is 346 g/mol. The molecule has 2 aliphatic heterocycles. The lowest BCUT2D eigenvalue weighted by Gasteiger charge is -2.30. The second-order valence-electron chi connectivity index (χ2n) is 7.64. The SMILES string of the molecule is COc1c2c(cc3c1C(C#CC(C)(O)CC(C)C)[NH+](C)CC3)OCO2. The van der Waals surface area contributed by atoms with E-state index in [4.69, 9.17) is 14.2 Å². The van der Waals surface area contributed by atoms with Crippen molar-refractivity contribution >= 4 is 0 Å². The lowest BCUT2D eigenvalue weighted by atomic mass is 9.89. The second kappa shape index (κ2) is 6.78. The molecular formula is C20H28NO4+. The molecule has 1 aromatic rings. The molecule has 3 atom stereocenters. The van der Waals surface area contributed by atoms with Gasteiger partial charge in [0.25, 0.3) is 0 Å². The summed E-state index contributed by atoms with van der Waals surface area (Å²) < 4.78 is 16.8. The summed E-state index contributed by atoms with van der Waals surface area (Å²) in [4.78, 5) is 1.29. The van der Waals surface area contributed by atoms with Crippen molar-refractivity contribution in [1.29, 1.82) is 0 Å². The van der Waals surface area contributed by atoms with Gasteiger partial charge in [-0.25, -0.2) is 0 Å². The molecule has 1 aromatic carbocycles. The van der Waals surface area contributed by atoms with Gasteiger partial charge in [0.15, 0.2) is 17.5 Å². The summed E-state index contributed by atoms with van der Waals surface area (Å²) in [5.74, 6) is 8.94. The number of methoxy groups -OCH3 is 1. The van der Waals surface area contributed by atoms with Crippen LogP contribution < -0.4 is 19.1 Å². The highest BCUT2D eigenvalue weighted by atomic mass is 16.7. The summed E-state index contributed by atoms with van der Waals surface area (Å²) in [5.41, 5.74) is 1.26. The van der Waals surface area contributed by atoms with E-state index in [-0.39, 0.29) is 12.8 Å². The maximum absolute atomic E-state index is 10.6. The van der Waals surface area contributed by atoms with Crippen molar-refractivity contribution in [1.82, 2.24) is 0 Å². The smallest absolute Gasteiger partial charge is 0.231 e. The standard InChI is InChI=1S/C20H27NO4/c1-13(2)11-20(3,22)8-6-15-17-14(7-9-21(15)4)10-16-18(19(17)23-5)25-12-24-16/h10,13,15,22H,7,9,11-12H2,1-5H3/p+1. The van der Waals surface area contributed by atoms with Crippen LogP contribution in [0.4, 0.5) is 0 Å². The molecule has 0 radical (unpaired) electrons. The van der Waals surface area contributed by atoms with E-state index in [1.54, 1.807) is 14.0 Å². The molecule has 3 rings (SSSR count). The molecule has 5 heteroatoms. The topological polar surface area (TPSA) is 52.4 Å². The first kappa shape index (κ1) is 17.9. The minimum absolute atomic E-state index is 0.0631. The third-order valence-corrected chi connectivity index (χ3v) is 4.81. The number of hydrogen-bond donors (Lipinski definition) is 2. The fourth-order valence-electron chi connectivity index (χ4n) is 3.79. The molecule has 0 fully saturated rings. The number of fused-ring (bicyclic) bond motifs is 2. The van der Waals surface area contributed by atoms with Crippen LogP contribution in [0.25, 0.3) is 0 Å². The summed E-state index contributed by atoms with van der Waals surface area (Å²) in [5, 5.41) is 10.6. The number of ether oxygens (including phenoxy) is 3. The van der Waals surface area contributed by atoms with E-state index < -0.39 is 5.60 Å². The fraction of sp³-hybridized carbons (Fsp3) is 0.600. The summed E-state index contributed by atoms with van der Waals surface area (Å²) >= 11 is 0. The van der Waals surface area contributed by atoms with Crippen LogP contribution in [-0.2, 0) is 6.42 Å². The van der Waals surface area contributed by atoms with E-state index in [1.165, 1.54) is 10.5 Å². The summed E-state index contributed by atoms with van der Waals surface area (Å²) in [6, 6.07) is 1.99. The van der Waals surface area contributed by atoms with Crippen molar-refractivity contribution in [2.24, 2.45) is 5.92 Å². The maximum atomic E-state index is 10.6. The predicted octanol–water partition coefficient (Wildman–Crippen LogP) is 1.34. The summed E-state index contributed by atoms with van der Waals surface area (Å²) in [6.45, 7) is 7.16. The van der Waals surface area contributed by atoms with Gasteiger partial charge in [0, 0.05) is 6.42 Å². The number of quaternary nitrogens is 1. The predicted molar refractivity (Wildman–Crippen MR) is 95.2 cm³/mol. The first-order chi connectivity index (χ1) is 11.8. The molecule has 25 heavy (non-hydrogen) atoms. The molecule has 5 nitrogen and oxygen atoms in total. The molecule has 3 unspecified atom stereocenters. The minimum Gasteiger partial charge on any atom is -0.492 e. The van der Waals surface area contributed by atoms with Gasteiger partial charge in [-0.1, -0.05) is 19.8 Å². The van der Waals surface area contributed by atoms with E-state index in [2.05, 4.69) is 32.7 Å². The summed E-state index contributed by atoms with van der Waals surface area (Å²) in [6.07, 6.45) is 1.59. The zero-order valence-corrected chi connectivity index (χ0v) is 15.7. The molecule has 2 heterocycles. The highest BCUT2D eigenvalue weighted by Crippen LogP contribution is 2.47. The van der Waals surface area contributed by atoms with Crippen LogP contribution in [-0.4, -0.2) is 38.2 Å². The Kier molecular flexibility index (Phi) is 4.86. The van der Waals surface area contributed by atoms with Crippen molar-refractivity contribution in [2.75, 3.05) is 27.5 Å². The third-order valence-electron chi connectivity index (χ3n) is 4.81. The Labute approximate surface area is 149 Å². The van der Waals surface area contributed by atoms with Crippen LogP contribution in [0.3, 0.4) is 0 Å². The Balaban J connectivity index is 2.03. The Hall–Kier alpha value is -1.90. The van der Waals surface area contributed by atoms with Crippen molar-refractivity contribution in [2.45, 2.75) is 45.3 Å². The van der Waals surface area contributed by atoms with Gasteiger partial charge in [0.05, 0.1) is 26.3 Å². The van der Waals surface area contributed by atoms with Gasteiger partial charge in [-0.3, -0.25) is 0 Å². The molecule has 0 amide bonds. The molecule has 2 aliphatic rings. The minimum atomic E-state index is -0.990. The van der Waals surface area contributed by atoms with Crippen LogP contribution in [0.1, 0.15) is 44.4 Å². The van der Waals surface area contributed by atoms with Crippen LogP contribution in [0.2, 0.25) is 0 Å². The monoisotopic (exact) mass is 346 g/mol. The second-order valence-corrected chi connectivity index (χ2v) is 7.64. The molecule has 0 bridgehead atoms. The van der Waals surface area contributed by atoms with Gasteiger partial charge in [-0.15, -0.1) is 0 Å². The summed E-state index contributed by atoms with van der Waals surface area (Å²) in [7, 11) is 3.78. The number of rotatable bonds is 3. The zero-order chi connectivity index (χ0) is 18.2. The molecule has 0 spiro atoms. The molecule has 2 N–H and O–H groups in total. The number of hydrogen-bond acceptors (Lipinski definition) is 4. The normalized spacial score (nSPS) is 23.5. The van der Waals surface area contributed by atoms with Gasteiger partial charge < -0.3 is 24.2 Å². The van der Waals surface area contributed by atoms with Crippen LogP contribution in [0.15, 0.2) is 6.07 Å². The van der Waals surface area contributed by atoms with Gasteiger partial charge >= 0.3 is 0 Å². The Bertz CT molecular complexity index is 715. The van der Waals surface area contributed by atoms with Crippen molar-refractivity contribution in [3.05, 3.63) is 17.2 Å². The molecule has 0 saturated carbocycles. The van der Waals surface area contributed by atoms with Crippen LogP contribution >= 0.6 is 0 Å². The first-order valence-corrected chi connectivity index (χ1v) is 8.89. The van der Waals surface area contributed by atoms with Gasteiger partial charge in [-0.2, -0.15) is 0 Å². The largest absolute Gasteiger partial charge is 0.492 e. The van der Waals surface area contributed by atoms with Gasteiger partial charge in [-0.05, 0) is 36.8 Å². The van der Waals surface area contributed by atoms with Crippen molar-refractivity contribution in [3.63, 3.8) is 0 Å². The Morgan fingerprint density at radius 1 is 1.44 bits per heavy atom. The van der Waals surface area contributed by atoms with E-state index in [0.29, 0.717) is 23.8 Å². The van der Waals surface area contributed by atoms with E-state index in [1.807, 2.05) is 6.07 Å². The molecular weight excluding hydrogens is 318 g/mol. The van der Waals surface area contributed by atoms with Crippen LogP contribution in [0.5, 0.6) is 17.2 Å². The number of nitrogens with one attached hydrogen (secondary N) is 1. The molecule has 0 saturated heterocycles. The van der Waals surface area contributed by atoms with E-state index >= 15 is 0 Å². The number of likely N-dealkylation sites (N-methyl/N-ethyl adjacent to an activating group) is 1.